The van der Waals surface area contributed by atoms with E-state index in [1.165, 1.54) is 0 Å². The highest BCUT2D eigenvalue weighted by Crippen LogP contribution is 2.41. The lowest BCUT2D eigenvalue weighted by Gasteiger charge is -2.30. The van der Waals surface area contributed by atoms with Crippen LogP contribution >= 0.6 is 11.6 Å². The fourth-order valence-electron chi connectivity index (χ4n) is 3.31. The second-order valence-corrected chi connectivity index (χ2v) is 7.04. The largest absolute Gasteiger partial charge is 0.339 e. The van der Waals surface area contributed by atoms with Crippen molar-refractivity contribution < 1.29 is 9.32 Å². The highest BCUT2D eigenvalue weighted by molar-refractivity contribution is 6.31. The number of amides is 1. The van der Waals surface area contributed by atoms with E-state index in [-0.39, 0.29) is 5.91 Å². The Kier molecular flexibility index (Phi) is 3.40. The molecule has 0 N–H and O–H groups in total. The van der Waals surface area contributed by atoms with E-state index in [2.05, 4.69) is 15.1 Å². The van der Waals surface area contributed by atoms with Crippen LogP contribution in [0.3, 0.4) is 0 Å². The van der Waals surface area contributed by atoms with Gasteiger partial charge in [-0.15, -0.1) is 0 Å². The maximum absolute atomic E-state index is 12.5. The SMILES string of the molecule is CCC(=O)N1Cc2c(-c3noc(C4CC4)n3)ncn2-c2ccc(Cl)cc21. The van der Waals surface area contributed by atoms with Crippen LogP contribution in [-0.2, 0) is 11.3 Å². The molecule has 3 heterocycles. The zero-order valence-electron chi connectivity index (χ0n) is 14.1. The first-order chi connectivity index (χ1) is 12.7. The summed E-state index contributed by atoms with van der Waals surface area (Å²) in [4.78, 5) is 23.3. The zero-order valence-corrected chi connectivity index (χ0v) is 14.9. The van der Waals surface area contributed by atoms with E-state index in [0.29, 0.717) is 41.3 Å². The lowest BCUT2D eigenvalue weighted by molar-refractivity contribution is -0.118. The van der Waals surface area contributed by atoms with E-state index < -0.39 is 0 Å². The molecule has 3 aromatic rings. The molecule has 1 saturated carbocycles. The number of carbonyl (C=O) groups excluding carboxylic acids is 1. The number of halogens is 1. The van der Waals surface area contributed by atoms with E-state index in [4.69, 9.17) is 16.1 Å². The third-order valence-electron chi connectivity index (χ3n) is 4.85. The van der Waals surface area contributed by atoms with Gasteiger partial charge < -0.3 is 9.42 Å². The third kappa shape index (κ3) is 2.34. The first-order valence-electron chi connectivity index (χ1n) is 8.66. The molecule has 132 valence electrons. The van der Waals surface area contributed by atoms with Crippen molar-refractivity contribution in [1.82, 2.24) is 19.7 Å². The summed E-state index contributed by atoms with van der Waals surface area (Å²) in [6.07, 6.45) is 4.33. The minimum Gasteiger partial charge on any atom is -0.339 e. The molecule has 0 spiro atoms. The van der Waals surface area contributed by atoms with Gasteiger partial charge in [-0.25, -0.2) is 4.98 Å². The minimum atomic E-state index is 0.0266. The van der Waals surface area contributed by atoms with Crippen LogP contribution in [0.25, 0.3) is 17.2 Å². The summed E-state index contributed by atoms with van der Waals surface area (Å²) in [6, 6.07) is 5.52. The van der Waals surface area contributed by atoms with Crippen molar-refractivity contribution in [1.29, 1.82) is 0 Å². The Hall–Kier alpha value is -2.67. The van der Waals surface area contributed by atoms with Gasteiger partial charge in [0.1, 0.15) is 12.0 Å². The summed E-state index contributed by atoms with van der Waals surface area (Å²) in [5, 5.41) is 4.69. The van der Waals surface area contributed by atoms with Gasteiger partial charge in [0, 0.05) is 17.4 Å². The average molecular weight is 370 g/mol. The van der Waals surface area contributed by atoms with Gasteiger partial charge in [-0.05, 0) is 31.0 Å². The Morgan fingerprint density at radius 2 is 2.19 bits per heavy atom. The molecule has 1 fully saturated rings. The number of rotatable bonds is 3. The van der Waals surface area contributed by atoms with Crippen LogP contribution in [-0.4, -0.2) is 25.6 Å². The first kappa shape index (κ1) is 15.6. The van der Waals surface area contributed by atoms with Gasteiger partial charge in [0.05, 0.1) is 23.6 Å². The van der Waals surface area contributed by atoms with Crippen LogP contribution in [0.4, 0.5) is 5.69 Å². The minimum absolute atomic E-state index is 0.0266. The van der Waals surface area contributed by atoms with Gasteiger partial charge in [-0.3, -0.25) is 9.36 Å². The fourth-order valence-corrected chi connectivity index (χ4v) is 3.48. The molecule has 2 aromatic heterocycles. The Balaban J connectivity index is 1.64. The fraction of sp³-hybridized carbons (Fsp3) is 0.333. The number of carbonyl (C=O) groups is 1. The molecule has 0 bridgehead atoms. The monoisotopic (exact) mass is 369 g/mol. The predicted molar refractivity (Wildman–Crippen MR) is 95.3 cm³/mol. The zero-order chi connectivity index (χ0) is 17.8. The van der Waals surface area contributed by atoms with Crippen LogP contribution in [0.2, 0.25) is 5.02 Å². The molecule has 0 unspecified atom stereocenters. The van der Waals surface area contributed by atoms with E-state index in [9.17, 15) is 4.79 Å². The van der Waals surface area contributed by atoms with Gasteiger partial charge in [-0.2, -0.15) is 4.98 Å². The van der Waals surface area contributed by atoms with Crippen molar-refractivity contribution in [2.45, 2.75) is 38.6 Å². The summed E-state index contributed by atoms with van der Waals surface area (Å²) >= 11 is 6.16. The quantitative estimate of drug-likeness (QED) is 0.703. The van der Waals surface area contributed by atoms with Crippen molar-refractivity contribution in [3.05, 3.63) is 41.1 Å². The van der Waals surface area contributed by atoms with Crippen molar-refractivity contribution in [3.63, 3.8) is 0 Å². The van der Waals surface area contributed by atoms with Gasteiger partial charge in [0.2, 0.25) is 17.6 Å². The summed E-state index contributed by atoms with van der Waals surface area (Å²) in [6.45, 7) is 2.24. The first-order valence-corrected chi connectivity index (χ1v) is 9.04. The molecule has 5 rings (SSSR count). The smallest absolute Gasteiger partial charge is 0.230 e. The topological polar surface area (TPSA) is 77.1 Å². The molecule has 0 saturated heterocycles. The second-order valence-electron chi connectivity index (χ2n) is 6.61. The highest BCUT2D eigenvalue weighted by Gasteiger charge is 2.33. The lowest BCUT2D eigenvalue weighted by atomic mass is 10.1. The number of hydrogen-bond acceptors (Lipinski definition) is 5. The number of nitrogens with zero attached hydrogens (tertiary/aromatic N) is 5. The number of imidazole rings is 1. The molecule has 0 radical (unpaired) electrons. The van der Waals surface area contributed by atoms with E-state index in [1.807, 2.05) is 29.7 Å². The summed E-state index contributed by atoms with van der Waals surface area (Å²) in [7, 11) is 0. The molecule has 2 aliphatic rings. The molecule has 26 heavy (non-hydrogen) atoms. The molecule has 0 atom stereocenters. The molecule has 1 aliphatic carbocycles. The maximum atomic E-state index is 12.5. The molecule has 1 aliphatic heterocycles. The van der Waals surface area contributed by atoms with Crippen LogP contribution in [0.1, 0.15) is 43.7 Å². The van der Waals surface area contributed by atoms with Crippen molar-refractivity contribution in [2.75, 3.05) is 4.90 Å². The van der Waals surface area contributed by atoms with Crippen LogP contribution in [0.5, 0.6) is 0 Å². The Labute approximate surface area is 154 Å². The van der Waals surface area contributed by atoms with Crippen molar-refractivity contribution >= 4 is 23.2 Å². The summed E-state index contributed by atoms with van der Waals surface area (Å²) in [5.41, 5.74) is 3.16. The molecule has 7 nitrogen and oxygen atoms in total. The van der Waals surface area contributed by atoms with Gasteiger partial charge in [0.15, 0.2) is 0 Å². The molecule has 1 aromatic carbocycles. The van der Waals surface area contributed by atoms with E-state index in [1.54, 1.807) is 11.2 Å². The number of benzene rings is 1. The number of anilines is 1. The standard InChI is InChI=1S/C18H16ClN5O2/c1-2-15(25)23-8-14-16(17-21-18(26-22-17)10-3-4-10)20-9-24(14)12-6-5-11(19)7-13(12)23/h5-7,9-10H,2-4,8H2,1H3. The normalized spacial score (nSPS) is 15.7. The third-order valence-corrected chi connectivity index (χ3v) is 5.08. The Bertz CT molecular complexity index is 1020. The van der Waals surface area contributed by atoms with Gasteiger partial charge in [0.25, 0.3) is 0 Å². The second kappa shape index (κ2) is 5.67. The Morgan fingerprint density at radius 1 is 1.35 bits per heavy atom. The predicted octanol–water partition coefficient (Wildman–Crippen LogP) is 3.71. The average Bonchev–Trinajstić information content (AvgIpc) is 3.23. The van der Waals surface area contributed by atoms with E-state index >= 15 is 0 Å². The highest BCUT2D eigenvalue weighted by atomic mass is 35.5. The van der Waals surface area contributed by atoms with E-state index in [0.717, 1.165) is 29.9 Å². The van der Waals surface area contributed by atoms with Crippen LogP contribution in [0.15, 0.2) is 29.0 Å². The molecular formula is C18H16ClN5O2. The van der Waals surface area contributed by atoms with Gasteiger partial charge >= 0.3 is 0 Å². The number of hydrogen-bond donors (Lipinski definition) is 0. The van der Waals surface area contributed by atoms with Crippen molar-refractivity contribution in [3.8, 4) is 17.2 Å². The maximum Gasteiger partial charge on any atom is 0.230 e. The van der Waals surface area contributed by atoms with Crippen LogP contribution in [0, 0.1) is 0 Å². The molecule has 8 heteroatoms. The number of aromatic nitrogens is 4. The Morgan fingerprint density at radius 3 is 2.96 bits per heavy atom. The molecular weight excluding hydrogens is 354 g/mol. The molecule has 1 amide bonds. The van der Waals surface area contributed by atoms with Crippen LogP contribution < -0.4 is 4.90 Å². The van der Waals surface area contributed by atoms with Gasteiger partial charge in [-0.1, -0.05) is 23.7 Å². The number of fused-ring (bicyclic) bond motifs is 3. The summed E-state index contributed by atoms with van der Waals surface area (Å²) in [5.74, 6) is 1.56. The van der Waals surface area contributed by atoms with Crippen molar-refractivity contribution in [2.24, 2.45) is 0 Å². The summed E-state index contributed by atoms with van der Waals surface area (Å²) < 4.78 is 7.34. The lowest BCUT2D eigenvalue weighted by Crippen LogP contribution is -2.34.